The van der Waals surface area contributed by atoms with Crippen LogP contribution in [0.1, 0.15) is 24.7 Å². The highest BCUT2D eigenvalue weighted by Crippen LogP contribution is 2.28. The van der Waals surface area contributed by atoms with E-state index in [0.29, 0.717) is 4.57 Å². The summed E-state index contributed by atoms with van der Waals surface area (Å²) in [5.41, 5.74) is -1.24. The van der Waals surface area contributed by atoms with E-state index in [1.807, 2.05) is 0 Å². The summed E-state index contributed by atoms with van der Waals surface area (Å²) in [6.45, 7) is 0.275. The normalized spacial score (nSPS) is 15.9. The zero-order valence-corrected chi connectivity index (χ0v) is 14.4. The summed E-state index contributed by atoms with van der Waals surface area (Å²) in [6, 6.07) is 2.23. The van der Waals surface area contributed by atoms with Gasteiger partial charge in [0.05, 0.1) is 6.04 Å². The first-order valence-corrected chi connectivity index (χ1v) is 8.21. The van der Waals surface area contributed by atoms with Crippen molar-refractivity contribution in [3.63, 3.8) is 0 Å². The topological polar surface area (TPSA) is 95.0 Å². The van der Waals surface area contributed by atoms with Gasteiger partial charge in [-0.25, -0.2) is 14.2 Å². The van der Waals surface area contributed by atoms with E-state index in [4.69, 9.17) is 0 Å². The van der Waals surface area contributed by atoms with Crippen LogP contribution in [0.2, 0.25) is 0 Å². The number of hydrogen-bond acceptors (Lipinski definition) is 5. The van der Waals surface area contributed by atoms with Crippen molar-refractivity contribution in [2.75, 3.05) is 13.1 Å². The van der Waals surface area contributed by atoms with Gasteiger partial charge in [-0.15, -0.1) is 5.10 Å². The monoisotopic (exact) mass is 386 g/mol. The number of rotatable bonds is 3. The van der Waals surface area contributed by atoms with Gasteiger partial charge in [-0.05, 0) is 18.9 Å². The molecule has 0 atom stereocenters. The zero-order chi connectivity index (χ0) is 19.8. The zero-order valence-electron chi connectivity index (χ0n) is 14.4. The minimum Gasteiger partial charge on any atom is -0.341 e. The maximum Gasteiger partial charge on any atom is 0.451 e. The van der Waals surface area contributed by atoms with Crippen LogP contribution in [0.25, 0.3) is 0 Å². The standard InChI is InChI=1S/C15H17F3N6O3/c1-21-13(15(16,17)18)20-24(14(21)27)10-4-7-22(8-5-10)12(26)9-23-11(25)3-2-6-19-23/h2-3,6,10H,4-5,7-9H2,1H3. The van der Waals surface area contributed by atoms with Crippen molar-refractivity contribution in [3.8, 4) is 0 Å². The fourth-order valence-corrected chi connectivity index (χ4v) is 3.03. The van der Waals surface area contributed by atoms with Gasteiger partial charge in [0.1, 0.15) is 6.54 Å². The molecule has 1 aliphatic rings. The molecule has 0 aromatic carbocycles. The lowest BCUT2D eigenvalue weighted by atomic mass is 10.1. The lowest BCUT2D eigenvalue weighted by Gasteiger charge is -2.31. The van der Waals surface area contributed by atoms with Crippen LogP contribution in [0.4, 0.5) is 13.2 Å². The Balaban J connectivity index is 1.67. The van der Waals surface area contributed by atoms with Gasteiger partial charge in [-0.2, -0.15) is 18.3 Å². The second-order valence-corrected chi connectivity index (χ2v) is 6.24. The molecule has 0 spiro atoms. The summed E-state index contributed by atoms with van der Waals surface area (Å²) >= 11 is 0. The molecule has 12 heteroatoms. The van der Waals surface area contributed by atoms with Crippen LogP contribution in [-0.4, -0.2) is 48.0 Å². The molecule has 9 nitrogen and oxygen atoms in total. The van der Waals surface area contributed by atoms with Crippen molar-refractivity contribution in [3.05, 3.63) is 45.0 Å². The Morgan fingerprint density at radius 1 is 1.26 bits per heavy atom. The molecule has 1 fully saturated rings. The number of carbonyl (C=O) groups is 1. The predicted octanol–water partition coefficient (Wildman–Crippen LogP) is 0.0210. The number of carbonyl (C=O) groups excluding carboxylic acids is 1. The van der Waals surface area contributed by atoms with Gasteiger partial charge in [0.2, 0.25) is 11.7 Å². The van der Waals surface area contributed by atoms with Crippen molar-refractivity contribution < 1.29 is 18.0 Å². The molecule has 0 aliphatic carbocycles. The number of likely N-dealkylation sites (tertiary alicyclic amines) is 1. The molecule has 2 aromatic heterocycles. The minimum atomic E-state index is -4.72. The fourth-order valence-electron chi connectivity index (χ4n) is 3.03. The largest absolute Gasteiger partial charge is 0.451 e. The van der Waals surface area contributed by atoms with Crippen LogP contribution in [0.5, 0.6) is 0 Å². The van der Waals surface area contributed by atoms with Crippen molar-refractivity contribution in [1.29, 1.82) is 0 Å². The summed E-state index contributed by atoms with van der Waals surface area (Å²) in [7, 11) is 1.03. The maximum atomic E-state index is 12.9. The van der Waals surface area contributed by atoms with E-state index < -0.39 is 29.3 Å². The SMILES string of the molecule is Cn1c(C(F)(F)F)nn(C2CCN(C(=O)Cn3ncccc3=O)CC2)c1=O. The molecule has 0 unspecified atom stereocenters. The highest BCUT2D eigenvalue weighted by Gasteiger charge is 2.39. The molecule has 27 heavy (non-hydrogen) atoms. The quantitative estimate of drug-likeness (QED) is 0.741. The molecule has 3 rings (SSSR count). The number of piperidine rings is 1. The Bertz CT molecular complexity index is 953. The molecule has 0 bridgehead atoms. The van der Waals surface area contributed by atoms with E-state index in [1.165, 1.54) is 23.2 Å². The smallest absolute Gasteiger partial charge is 0.341 e. The second-order valence-electron chi connectivity index (χ2n) is 6.24. The third kappa shape index (κ3) is 3.78. The molecule has 1 amide bonds. The third-order valence-corrected chi connectivity index (χ3v) is 4.49. The van der Waals surface area contributed by atoms with Gasteiger partial charge < -0.3 is 4.90 Å². The van der Waals surface area contributed by atoms with Gasteiger partial charge in [0.15, 0.2) is 0 Å². The Morgan fingerprint density at radius 2 is 1.93 bits per heavy atom. The van der Waals surface area contributed by atoms with Gasteiger partial charge in [0, 0.05) is 32.4 Å². The van der Waals surface area contributed by atoms with Gasteiger partial charge in [0.25, 0.3) is 5.56 Å². The predicted molar refractivity (Wildman–Crippen MR) is 85.8 cm³/mol. The Hall–Kier alpha value is -2.92. The molecule has 1 saturated heterocycles. The van der Waals surface area contributed by atoms with E-state index in [9.17, 15) is 27.6 Å². The van der Waals surface area contributed by atoms with Crippen LogP contribution in [0.15, 0.2) is 27.9 Å². The lowest BCUT2D eigenvalue weighted by molar-refractivity contribution is -0.147. The molecule has 0 N–H and O–H groups in total. The highest BCUT2D eigenvalue weighted by atomic mass is 19.4. The van der Waals surface area contributed by atoms with Crippen molar-refractivity contribution in [2.45, 2.75) is 31.6 Å². The molecule has 2 aromatic rings. The number of hydrogen-bond donors (Lipinski definition) is 0. The first-order valence-electron chi connectivity index (χ1n) is 8.21. The van der Waals surface area contributed by atoms with Crippen molar-refractivity contribution >= 4 is 5.91 Å². The minimum absolute atomic E-state index is 0.216. The molecule has 1 aliphatic heterocycles. The van der Waals surface area contributed by atoms with Crippen LogP contribution < -0.4 is 11.2 Å². The fraction of sp³-hybridized carbons (Fsp3) is 0.533. The number of amides is 1. The third-order valence-electron chi connectivity index (χ3n) is 4.49. The molecule has 3 heterocycles. The molecule has 0 saturated carbocycles. The molecule has 0 radical (unpaired) electrons. The van der Waals surface area contributed by atoms with Crippen molar-refractivity contribution in [2.24, 2.45) is 7.05 Å². The first kappa shape index (κ1) is 18.9. The van der Waals surface area contributed by atoms with E-state index >= 15 is 0 Å². The average Bonchev–Trinajstić information content (AvgIpc) is 2.92. The summed E-state index contributed by atoms with van der Waals surface area (Å²) in [5, 5.41) is 7.25. The number of nitrogens with zero attached hydrogens (tertiary/aromatic N) is 6. The molecule has 146 valence electrons. The van der Waals surface area contributed by atoms with Gasteiger partial charge in [-0.3, -0.25) is 14.2 Å². The van der Waals surface area contributed by atoms with E-state index in [0.717, 1.165) is 16.4 Å². The Kier molecular flexibility index (Phi) is 4.89. The van der Waals surface area contributed by atoms with E-state index in [2.05, 4.69) is 10.2 Å². The first-order chi connectivity index (χ1) is 12.7. The Labute approximate surface area is 150 Å². The van der Waals surface area contributed by atoms with Crippen LogP contribution >= 0.6 is 0 Å². The van der Waals surface area contributed by atoms with E-state index in [-0.39, 0.29) is 38.4 Å². The summed E-state index contributed by atoms with van der Waals surface area (Å²) in [4.78, 5) is 37.5. The van der Waals surface area contributed by atoms with Crippen LogP contribution in [-0.2, 0) is 24.6 Å². The van der Waals surface area contributed by atoms with Gasteiger partial charge in [-0.1, -0.05) is 0 Å². The van der Waals surface area contributed by atoms with Gasteiger partial charge >= 0.3 is 11.9 Å². The number of alkyl halides is 3. The lowest BCUT2D eigenvalue weighted by Crippen LogP contribution is -2.43. The highest BCUT2D eigenvalue weighted by molar-refractivity contribution is 5.75. The molecular weight excluding hydrogens is 369 g/mol. The summed E-state index contributed by atoms with van der Waals surface area (Å²) in [6.07, 6.45) is -2.74. The summed E-state index contributed by atoms with van der Waals surface area (Å²) in [5.74, 6) is -1.57. The molecular formula is C15H17F3N6O3. The van der Waals surface area contributed by atoms with E-state index in [1.54, 1.807) is 0 Å². The van der Waals surface area contributed by atoms with Crippen molar-refractivity contribution in [1.82, 2.24) is 29.0 Å². The second kappa shape index (κ2) is 7.00. The van der Waals surface area contributed by atoms with Crippen LogP contribution in [0.3, 0.4) is 0 Å². The maximum absolute atomic E-state index is 12.9. The Morgan fingerprint density at radius 3 is 2.48 bits per heavy atom. The van der Waals surface area contributed by atoms with Crippen LogP contribution in [0, 0.1) is 0 Å². The average molecular weight is 386 g/mol. The number of halogens is 3. The number of aromatic nitrogens is 5. The summed E-state index contributed by atoms with van der Waals surface area (Å²) < 4.78 is 41.0.